The van der Waals surface area contributed by atoms with Gasteiger partial charge < -0.3 is 15.2 Å². The number of amides is 2. The molecule has 3 rings (SSSR count). The zero-order valence-corrected chi connectivity index (χ0v) is 14.7. The van der Waals surface area contributed by atoms with E-state index in [-0.39, 0.29) is 18.2 Å². The van der Waals surface area contributed by atoms with Crippen molar-refractivity contribution in [3.8, 4) is 0 Å². The number of carbonyl (C=O) groups excluding carboxylic acids is 2. The number of anilines is 2. The largest absolute Gasteiger partial charge is 0.326 e. The average molecular weight is 361 g/mol. The number of fused-ring (bicyclic) bond motifs is 1. The van der Waals surface area contributed by atoms with Gasteiger partial charge in [0.2, 0.25) is 11.8 Å². The normalized spacial score (nSPS) is 13.2. The Kier molecular flexibility index (Phi) is 5.71. The maximum Gasteiger partial charge on any atom is 0.225 e. The van der Waals surface area contributed by atoms with Crippen molar-refractivity contribution in [2.45, 2.75) is 45.1 Å². The van der Waals surface area contributed by atoms with Gasteiger partial charge in [0.15, 0.2) is 0 Å². The number of rotatable bonds is 6. The molecule has 0 bridgehead atoms. The van der Waals surface area contributed by atoms with Gasteiger partial charge in [-0.2, -0.15) is 0 Å². The highest BCUT2D eigenvalue weighted by Gasteiger charge is 2.15. The van der Waals surface area contributed by atoms with Crippen LogP contribution in [0.2, 0.25) is 5.02 Å². The summed E-state index contributed by atoms with van der Waals surface area (Å²) in [5.74, 6) is 1.56. The Morgan fingerprint density at radius 2 is 1.96 bits per heavy atom. The lowest BCUT2D eigenvalue weighted by atomic mass is 10.2. The summed E-state index contributed by atoms with van der Waals surface area (Å²) in [5, 5.41) is 6.24. The average Bonchev–Trinajstić information content (AvgIpc) is 2.98. The summed E-state index contributed by atoms with van der Waals surface area (Å²) in [6.45, 7) is 0.896. The number of carbonyl (C=O) groups is 2. The van der Waals surface area contributed by atoms with Crippen molar-refractivity contribution in [1.82, 2.24) is 9.55 Å². The third kappa shape index (κ3) is 4.82. The van der Waals surface area contributed by atoms with Crippen LogP contribution in [0, 0.1) is 0 Å². The van der Waals surface area contributed by atoms with Crippen LogP contribution in [0.15, 0.2) is 30.5 Å². The fraction of sp³-hybridized carbons (Fsp3) is 0.389. The SMILES string of the molecule is O=C(CCCC(=O)Nc1cnc2n1CCCC2)Nc1cccc(Cl)c1. The van der Waals surface area contributed by atoms with E-state index in [1.807, 2.05) is 0 Å². The molecule has 2 heterocycles. The van der Waals surface area contributed by atoms with E-state index in [4.69, 9.17) is 11.6 Å². The third-order valence-corrected chi connectivity index (χ3v) is 4.39. The molecule has 0 saturated heterocycles. The van der Waals surface area contributed by atoms with E-state index in [1.54, 1.807) is 30.5 Å². The first-order valence-electron chi connectivity index (χ1n) is 8.51. The molecular weight excluding hydrogens is 340 g/mol. The number of benzene rings is 1. The Balaban J connectivity index is 1.42. The maximum absolute atomic E-state index is 12.1. The molecule has 1 aliphatic rings. The second kappa shape index (κ2) is 8.16. The molecule has 0 unspecified atom stereocenters. The highest BCUT2D eigenvalue weighted by molar-refractivity contribution is 6.30. The van der Waals surface area contributed by atoms with Crippen LogP contribution in [0.5, 0.6) is 0 Å². The van der Waals surface area contributed by atoms with Gasteiger partial charge in [0.25, 0.3) is 0 Å². The first-order valence-corrected chi connectivity index (χ1v) is 8.89. The van der Waals surface area contributed by atoms with Crippen molar-refractivity contribution in [2.75, 3.05) is 10.6 Å². The monoisotopic (exact) mass is 360 g/mol. The molecule has 0 saturated carbocycles. The highest BCUT2D eigenvalue weighted by Crippen LogP contribution is 2.20. The van der Waals surface area contributed by atoms with Crippen molar-refractivity contribution >= 4 is 34.9 Å². The molecule has 0 aliphatic carbocycles. The van der Waals surface area contributed by atoms with Crippen LogP contribution in [0.3, 0.4) is 0 Å². The highest BCUT2D eigenvalue weighted by atomic mass is 35.5. The van der Waals surface area contributed by atoms with E-state index in [0.29, 0.717) is 23.6 Å². The number of aryl methyl sites for hydroxylation is 1. The molecule has 0 spiro atoms. The molecule has 25 heavy (non-hydrogen) atoms. The molecule has 132 valence electrons. The Morgan fingerprint density at radius 1 is 1.16 bits per heavy atom. The fourth-order valence-corrected chi connectivity index (χ4v) is 3.11. The first-order chi connectivity index (χ1) is 12.1. The summed E-state index contributed by atoms with van der Waals surface area (Å²) in [6, 6.07) is 6.99. The minimum atomic E-state index is -0.128. The van der Waals surface area contributed by atoms with E-state index < -0.39 is 0 Å². The van der Waals surface area contributed by atoms with E-state index in [9.17, 15) is 9.59 Å². The van der Waals surface area contributed by atoms with Crippen molar-refractivity contribution in [3.05, 3.63) is 41.3 Å². The zero-order valence-electron chi connectivity index (χ0n) is 13.9. The standard InChI is InChI=1S/C18H21ClN4O2/c19-13-5-3-6-14(11-13)21-17(24)8-4-9-18(25)22-16-12-20-15-7-1-2-10-23(15)16/h3,5-6,11-12H,1-2,4,7-10H2,(H,21,24)(H,22,25). The minimum absolute atomic E-state index is 0.0937. The third-order valence-electron chi connectivity index (χ3n) is 4.15. The van der Waals surface area contributed by atoms with Crippen LogP contribution >= 0.6 is 11.6 Å². The predicted octanol–water partition coefficient (Wildman–Crippen LogP) is 3.62. The van der Waals surface area contributed by atoms with Crippen LogP contribution in [0.1, 0.15) is 37.9 Å². The summed E-state index contributed by atoms with van der Waals surface area (Å²) in [7, 11) is 0. The number of halogens is 1. The van der Waals surface area contributed by atoms with Gasteiger partial charge in [0.05, 0.1) is 6.20 Å². The lowest BCUT2D eigenvalue weighted by molar-refractivity contribution is -0.117. The van der Waals surface area contributed by atoms with Crippen LogP contribution in [-0.4, -0.2) is 21.4 Å². The molecule has 1 aliphatic heterocycles. The van der Waals surface area contributed by atoms with E-state index in [2.05, 4.69) is 20.2 Å². The molecule has 0 fully saturated rings. The first kappa shape index (κ1) is 17.5. The topological polar surface area (TPSA) is 76.0 Å². The van der Waals surface area contributed by atoms with Gasteiger partial charge in [0, 0.05) is 36.5 Å². The van der Waals surface area contributed by atoms with Gasteiger partial charge in [-0.15, -0.1) is 0 Å². The second-order valence-corrected chi connectivity index (χ2v) is 6.57. The van der Waals surface area contributed by atoms with Crippen molar-refractivity contribution < 1.29 is 9.59 Å². The van der Waals surface area contributed by atoms with Crippen LogP contribution in [-0.2, 0) is 22.6 Å². The van der Waals surface area contributed by atoms with Crippen molar-refractivity contribution in [1.29, 1.82) is 0 Å². The van der Waals surface area contributed by atoms with E-state index in [0.717, 1.165) is 37.4 Å². The molecule has 2 amide bonds. The Morgan fingerprint density at radius 3 is 2.76 bits per heavy atom. The van der Waals surface area contributed by atoms with Crippen LogP contribution in [0.4, 0.5) is 11.5 Å². The lowest BCUT2D eigenvalue weighted by Crippen LogP contribution is -2.18. The number of hydrogen-bond acceptors (Lipinski definition) is 3. The van der Waals surface area contributed by atoms with Gasteiger partial charge in [-0.1, -0.05) is 17.7 Å². The predicted molar refractivity (Wildman–Crippen MR) is 97.7 cm³/mol. The van der Waals surface area contributed by atoms with E-state index >= 15 is 0 Å². The molecule has 0 radical (unpaired) electrons. The number of nitrogens with one attached hydrogen (secondary N) is 2. The van der Waals surface area contributed by atoms with Gasteiger partial charge in [-0.3, -0.25) is 9.59 Å². The number of imidazole rings is 1. The van der Waals surface area contributed by atoms with Gasteiger partial charge >= 0.3 is 0 Å². The molecule has 1 aromatic heterocycles. The summed E-state index contributed by atoms with van der Waals surface area (Å²) < 4.78 is 2.06. The Hall–Kier alpha value is -2.34. The van der Waals surface area contributed by atoms with Crippen LogP contribution in [0.25, 0.3) is 0 Å². The molecular formula is C18H21ClN4O2. The van der Waals surface area contributed by atoms with Gasteiger partial charge in [-0.25, -0.2) is 4.98 Å². The number of hydrogen-bond donors (Lipinski definition) is 2. The molecule has 0 atom stereocenters. The number of nitrogens with zero attached hydrogens (tertiary/aromatic N) is 2. The summed E-state index contributed by atoms with van der Waals surface area (Å²) in [5.41, 5.74) is 0.660. The summed E-state index contributed by atoms with van der Waals surface area (Å²) >= 11 is 5.88. The van der Waals surface area contributed by atoms with Crippen molar-refractivity contribution in [3.63, 3.8) is 0 Å². The minimum Gasteiger partial charge on any atom is -0.326 e. The molecule has 1 aromatic carbocycles. The Labute approximate surface area is 151 Å². The maximum atomic E-state index is 12.1. The van der Waals surface area contributed by atoms with Crippen LogP contribution < -0.4 is 10.6 Å². The lowest BCUT2D eigenvalue weighted by Gasteiger charge is -2.16. The Bertz CT molecular complexity index is 772. The quantitative estimate of drug-likeness (QED) is 0.826. The fourth-order valence-electron chi connectivity index (χ4n) is 2.92. The summed E-state index contributed by atoms with van der Waals surface area (Å²) in [4.78, 5) is 28.3. The van der Waals surface area contributed by atoms with Gasteiger partial charge in [-0.05, 0) is 37.5 Å². The molecule has 7 heteroatoms. The second-order valence-electron chi connectivity index (χ2n) is 6.13. The zero-order chi connectivity index (χ0) is 17.6. The smallest absolute Gasteiger partial charge is 0.225 e. The molecule has 2 N–H and O–H groups in total. The van der Waals surface area contributed by atoms with E-state index in [1.165, 1.54) is 0 Å². The summed E-state index contributed by atoms with van der Waals surface area (Å²) in [6.07, 6.45) is 5.99. The molecule has 6 nitrogen and oxygen atoms in total. The van der Waals surface area contributed by atoms with Crippen molar-refractivity contribution in [2.24, 2.45) is 0 Å². The number of aromatic nitrogens is 2. The van der Waals surface area contributed by atoms with Gasteiger partial charge in [0.1, 0.15) is 11.6 Å². The molecule has 2 aromatic rings.